The highest BCUT2D eigenvalue weighted by atomic mass is 16.7. The van der Waals surface area contributed by atoms with Gasteiger partial charge in [-0.15, -0.1) is 0 Å². The average molecular weight is 219 g/mol. The lowest BCUT2D eigenvalue weighted by Crippen LogP contribution is -2.54. The van der Waals surface area contributed by atoms with Gasteiger partial charge in [-0.3, -0.25) is 15.1 Å². The van der Waals surface area contributed by atoms with E-state index in [-0.39, 0.29) is 6.10 Å². The molecule has 0 aromatic carbocycles. The van der Waals surface area contributed by atoms with Crippen LogP contribution >= 0.6 is 0 Å². The van der Waals surface area contributed by atoms with Gasteiger partial charge in [0.1, 0.15) is 0 Å². The predicted octanol–water partition coefficient (Wildman–Crippen LogP) is -0.711. The smallest absolute Gasteiger partial charge is 0.0931 e. The van der Waals surface area contributed by atoms with Gasteiger partial charge in [0.15, 0.2) is 0 Å². The molecule has 1 unspecified atom stereocenters. The van der Waals surface area contributed by atoms with Crippen LogP contribution in [0.4, 0.5) is 0 Å². The van der Waals surface area contributed by atoms with Gasteiger partial charge in [0.25, 0.3) is 0 Å². The van der Waals surface area contributed by atoms with Crippen molar-refractivity contribution in [2.75, 3.05) is 54.5 Å². The number of hydrogen-bond acceptors (Lipinski definition) is 6. The molecule has 1 aliphatic rings. The first-order valence-corrected chi connectivity index (χ1v) is 5.04. The van der Waals surface area contributed by atoms with Crippen LogP contribution in [0.1, 0.15) is 0 Å². The molecule has 6 nitrogen and oxygen atoms in total. The highest BCUT2D eigenvalue weighted by Crippen LogP contribution is 2.02. The van der Waals surface area contributed by atoms with Crippen LogP contribution in [0.2, 0.25) is 0 Å². The van der Waals surface area contributed by atoms with Gasteiger partial charge in [0, 0.05) is 20.8 Å². The molecule has 0 aliphatic carbocycles. The number of nitrogens with zero attached hydrogens (tertiary/aromatic N) is 2. The van der Waals surface area contributed by atoms with E-state index in [0.29, 0.717) is 6.61 Å². The molecule has 0 spiro atoms. The molecule has 0 aromatic rings. The summed E-state index contributed by atoms with van der Waals surface area (Å²) in [5.74, 6) is 0. The number of methoxy groups -OCH3 is 2. The van der Waals surface area contributed by atoms with E-state index in [2.05, 4.69) is 10.2 Å². The molecule has 15 heavy (non-hydrogen) atoms. The molecular weight excluding hydrogens is 198 g/mol. The molecule has 1 fully saturated rings. The molecule has 1 aliphatic heterocycles. The Hall–Kier alpha value is -0.240. The second kappa shape index (κ2) is 7.10. The molecule has 6 heteroatoms. The topological polar surface area (TPSA) is 46.2 Å². The van der Waals surface area contributed by atoms with Crippen LogP contribution in [0, 0.1) is 0 Å². The summed E-state index contributed by atoms with van der Waals surface area (Å²) >= 11 is 0. The fraction of sp³-hybridized carbons (Fsp3) is 1.00. The van der Waals surface area contributed by atoms with Crippen LogP contribution < -0.4 is 5.32 Å². The summed E-state index contributed by atoms with van der Waals surface area (Å²) in [5, 5.41) is 5.09. The maximum absolute atomic E-state index is 5.31. The molecule has 0 saturated carbocycles. The van der Waals surface area contributed by atoms with Crippen molar-refractivity contribution >= 4 is 0 Å². The van der Waals surface area contributed by atoms with Gasteiger partial charge in [0.05, 0.1) is 39.8 Å². The molecule has 1 rings (SSSR count). The Morgan fingerprint density at radius 1 is 1.27 bits per heavy atom. The molecule has 1 saturated heterocycles. The zero-order valence-corrected chi connectivity index (χ0v) is 9.73. The van der Waals surface area contributed by atoms with Crippen molar-refractivity contribution in [3.05, 3.63) is 0 Å². The SMILES string of the molecule is COCC(CN1CNCN(OC)C1)OC. The summed E-state index contributed by atoms with van der Waals surface area (Å²) in [6, 6.07) is 0. The van der Waals surface area contributed by atoms with E-state index in [1.165, 1.54) is 0 Å². The van der Waals surface area contributed by atoms with Crippen LogP contribution in [0.3, 0.4) is 0 Å². The first-order chi connectivity index (χ1) is 7.30. The van der Waals surface area contributed by atoms with E-state index >= 15 is 0 Å². The lowest BCUT2D eigenvalue weighted by molar-refractivity contribution is -0.186. The normalized spacial score (nSPS) is 21.8. The molecule has 1 N–H and O–H groups in total. The Balaban J connectivity index is 2.29. The summed E-state index contributed by atoms with van der Waals surface area (Å²) in [6.45, 7) is 3.84. The zero-order valence-electron chi connectivity index (χ0n) is 9.73. The fourth-order valence-corrected chi connectivity index (χ4v) is 1.57. The monoisotopic (exact) mass is 219 g/mol. The van der Waals surface area contributed by atoms with Crippen molar-refractivity contribution in [1.82, 2.24) is 15.3 Å². The first kappa shape index (κ1) is 12.8. The minimum atomic E-state index is 0.105. The van der Waals surface area contributed by atoms with Crippen LogP contribution in [-0.4, -0.2) is 70.6 Å². The van der Waals surface area contributed by atoms with Crippen molar-refractivity contribution < 1.29 is 14.3 Å². The van der Waals surface area contributed by atoms with Gasteiger partial charge < -0.3 is 9.47 Å². The van der Waals surface area contributed by atoms with Gasteiger partial charge >= 0.3 is 0 Å². The predicted molar refractivity (Wildman–Crippen MR) is 56.0 cm³/mol. The third kappa shape index (κ3) is 4.42. The first-order valence-electron chi connectivity index (χ1n) is 5.04. The van der Waals surface area contributed by atoms with Crippen molar-refractivity contribution in [2.24, 2.45) is 0 Å². The van der Waals surface area contributed by atoms with Crippen molar-refractivity contribution in [2.45, 2.75) is 6.10 Å². The second-order valence-corrected chi connectivity index (χ2v) is 3.54. The third-order valence-corrected chi connectivity index (χ3v) is 2.39. The number of ether oxygens (including phenoxy) is 2. The number of rotatable bonds is 6. The number of hydrogen-bond donors (Lipinski definition) is 1. The highest BCUT2D eigenvalue weighted by molar-refractivity contribution is 4.66. The minimum absolute atomic E-state index is 0.105. The number of nitrogens with one attached hydrogen (secondary N) is 1. The van der Waals surface area contributed by atoms with Crippen LogP contribution in [-0.2, 0) is 14.3 Å². The Morgan fingerprint density at radius 2 is 2.07 bits per heavy atom. The van der Waals surface area contributed by atoms with Gasteiger partial charge in [0.2, 0.25) is 0 Å². The highest BCUT2D eigenvalue weighted by Gasteiger charge is 2.19. The van der Waals surface area contributed by atoms with Crippen LogP contribution in [0.5, 0.6) is 0 Å². The molecule has 0 bridgehead atoms. The molecule has 0 aromatic heterocycles. The summed E-state index contributed by atoms with van der Waals surface area (Å²) in [4.78, 5) is 7.36. The van der Waals surface area contributed by atoms with Crippen molar-refractivity contribution in [3.8, 4) is 0 Å². The maximum atomic E-state index is 5.31. The maximum Gasteiger partial charge on any atom is 0.0931 e. The van der Waals surface area contributed by atoms with Crippen LogP contribution in [0.25, 0.3) is 0 Å². The Labute approximate surface area is 91.0 Å². The van der Waals surface area contributed by atoms with E-state index in [9.17, 15) is 0 Å². The van der Waals surface area contributed by atoms with Crippen LogP contribution in [0.15, 0.2) is 0 Å². The lowest BCUT2D eigenvalue weighted by atomic mass is 10.3. The molecule has 1 heterocycles. The van der Waals surface area contributed by atoms with Gasteiger partial charge in [-0.05, 0) is 0 Å². The van der Waals surface area contributed by atoms with E-state index < -0.39 is 0 Å². The van der Waals surface area contributed by atoms with Crippen molar-refractivity contribution in [1.29, 1.82) is 0 Å². The fourth-order valence-electron chi connectivity index (χ4n) is 1.57. The molecular formula is C9H21N3O3. The van der Waals surface area contributed by atoms with Crippen molar-refractivity contribution in [3.63, 3.8) is 0 Å². The van der Waals surface area contributed by atoms with Gasteiger partial charge in [-0.25, -0.2) is 0 Å². The average Bonchev–Trinajstić information content (AvgIpc) is 2.29. The molecule has 90 valence electrons. The summed E-state index contributed by atoms with van der Waals surface area (Å²) in [6.07, 6.45) is 0.105. The largest absolute Gasteiger partial charge is 0.382 e. The quantitative estimate of drug-likeness (QED) is 0.637. The number of hydroxylamine groups is 2. The van der Waals surface area contributed by atoms with Gasteiger partial charge in [-0.1, -0.05) is 0 Å². The van der Waals surface area contributed by atoms with E-state index in [0.717, 1.165) is 26.6 Å². The van der Waals surface area contributed by atoms with E-state index in [1.807, 2.05) is 5.06 Å². The Morgan fingerprint density at radius 3 is 2.67 bits per heavy atom. The van der Waals surface area contributed by atoms with E-state index in [4.69, 9.17) is 14.3 Å². The Bertz CT molecular complexity index is 171. The summed E-state index contributed by atoms with van der Waals surface area (Å²) < 4.78 is 10.4. The minimum Gasteiger partial charge on any atom is -0.382 e. The zero-order chi connectivity index (χ0) is 11.1. The molecule has 0 radical (unpaired) electrons. The summed E-state index contributed by atoms with van der Waals surface area (Å²) in [7, 11) is 5.06. The molecule has 0 amide bonds. The van der Waals surface area contributed by atoms with Gasteiger partial charge in [-0.2, -0.15) is 5.06 Å². The second-order valence-electron chi connectivity index (χ2n) is 3.54. The van der Waals surface area contributed by atoms with E-state index in [1.54, 1.807) is 21.3 Å². The third-order valence-electron chi connectivity index (χ3n) is 2.39. The standard InChI is InChI=1S/C9H21N3O3/c1-13-5-9(14-2)4-11-6-10-7-12(8-11)15-3/h9-10H,4-8H2,1-3H3. The lowest BCUT2D eigenvalue weighted by Gasteiger charge is -2.35. The summed E-state index contributed by atoms with van der Waals surface area (Å²) in [5.41, 5.74) is 0. The Kier molecular flexibility index (Phi) is 6.07. The molecule has 1 atom stereocenters.